The van der Waals surface area contributed by atoms with Crippen LogP contribution in [0.3, 0.4) is 0 Å². The van der Waals surface area contributed by atoms with Gasteiger partial charge in [0.2, 0.25) is 0 Å². The molecule has 1 fully saturated rings. The molecule has 4 nitrogen and oxygen atoms in total. The Labute approximate surface area is 103 Å². The molecule has 0 aromatic rings. The predicted octanol–water partition coefficient (Wildman–Crippen LogP) is 1.45. The van der Waals surface area contributed by atoms with Crippen molar-refractivity contribution in [1.82, 2.24) is 4.90 Å². The SMILES string of the molecule is CC1=NC(C)C(C)=C2CC(CS(C)(=O)=O)CN12. The highest BCUT2D eigenvalue weighted by atomic mass is 32.2. The van der Waals surface area contributed by atoms with E-state index in [2.05, 4.69) is 23.7 Å². The normalized spacial score (nSPS) is 29.4. The summed E-state index contributed by atoms with van der Waals surface area (Å²) in [6, 6.07) is 0.234. The van der Waals surface area contributed by atoms with Gasteiger partial charge >= 0.3 is 0 Å². The van der Waals surface area contributed by atoms with Gasteiger partial charge in [-0.05, 0) is 38.7 Å². The highest BCUT2D eigenvalue weighted by Gasteiger charge is 2.34. The van der Waals surface area contributed by atoms with E-state index in [9.17, 15) is 8.42 Å². The fourth-order valence-corrected chi connectivity index (χ4v) is 3.83. The van der Waals surface area contributed by atoms with Crippen LogP contribution in [0.25, 0.3) is 0 Å². The van der Waals surface area contributed by atoms with Crippen molar-refractivity contribution >= 4 is 15.7 Å². The van der Waals surface area contributed by atoms with E-state index in [-0.39, 0.29) is 17.7 Å². The molecule has 96 valence electrons. The molecule has 0 aromatic carbocycles. The molecule has 2 aliphatic rings. The van der Waals surface area contributed by atoms with Crippen molar-refractivity contribution in [2.45, 2.75) is 33.2 Å². The fraction of sp³-hybridized carbons (Fsp3) is 0.750. The van der Waals surface area contributed by atoms with E-state index < -0.39 is 9.84 Å². The molecule has 2 aliphatic heterocycles. The van der Waals surface area contributed by atoms with E-state index in [1.807, 2.05) is 6.92 Å². The maximum Gasteiger partial charge on any atom is 0.147 e. The van der Waals surface area contributed by atoms with Crippen LogP contribution >= 0.6 is 0 Å². The molecular formula is C12H20N2O2S. The highest BCUT2D eigenvalue weighted by Crippen LogP contribution is 2.34. The molecule has 0 N–H and O–H groups in total. The molecule has 0 aromatic heterocycles. The molecule has 1 saturated heterocycles. The molecule has 2 heterocycles. The topological polar surface area (TPSA) is 49.7 Å². The van der Waals surface area contributed by atoms with Gasteiger partial charge in [0.15, 0.2) is 0 Å². The Balaban J connectivity index is 2.22. The Morgan fingerprint density at radius 2 is 2.06 bits per heavy atom. The lowest BCUT2D eigenvalue weighted by atomic mass is 10.0. The first kappa shape index (κ1) is 12.6. The number of sulfone groups is 1. The summed E-state index contributed by atoms with van der Waals surface area (Å²) < 4.78 is 22.7. The van der Waals surface area contributed by atoms with Crippen LogP contribution in [0.4, 0.5) is 0 Å². The number of fused-ring (bicyclic) bond motifs is 1. The first-order valence-corrected chi connectivity index (χ1v) is 8.03. The lowest BCUT2D eigenvalue weighted by Gasteiger charge is -2.28. The van der Waals surface area contributed by atoms with Crippen LogP contribution in [0.5, 0.6) is 0 Å². The summed E-state index contributed by atoms with van der Waals surface area (Å²) in [7, 11) is -2.89. The zero-order valence-corrected chi connectivity index (χ0v) is 11.7. The van der Waals surface area contributed by atoms with Gasteiger partial charge in [0.1, 0.15) is 15.7 Å². The number of amidine groups is 1. The molecule has 0 aliphatic carbocycles. The van der Waals surface area contributed by atoms with Crippen LogP contribution in [0.1, 0.15) is 27.2 Å². The Morgan fingerprint density at radius 3 is 2.65 bits per heavy atom. The number of rotatable bonds is 2. The van der Waals surface area contributed by atoms with E-state index in [1.54, 1.807) is 0 Å². The summed E-state index contributed by atoms with van der Waals surface area (Å²) in [6.45, 7) is 6.99. The monoisotopic (exact) mass is 256 g/mol. The molecule has 2 atom stereocenters. The van der Waals surface area contributed by atoms with Crippen molar-refractivity contribution in [1.29, 1.82) is 0 Å². The molecule has 0 spiro atoms. The molecule has 17 heavy (non-hydrogen) atoms. The predicted molar refractivity (Wildman–Crippen MR) is 69.8 cm³/mol. The second-order valence-electron chi connectivity index (χ2n) is 5.26. The molecular weight excluding hydrogens is 236 g/mol. The van der Waals surface area contributed by atoms with E-state index in [0.29, 0.717) is 0 Å². The van der Waals surface area contributed by atoms with Crippen LogP contribution in [-0.4, -0.2) is 43.7 Å². The maximum atomic E-state index is 11.4. The molecule has 2 unspecified atom stereocenters. The third kappa shape index (κ3) is 2.54. The summed E-state index contributed by atoms with van der Waals surface area (Å²) in [5, 5.41) is 0. The number of allylic oxidation sites excluding steroid dienone is 1. The first-order chi connectivity index (χ1) is 7.78. The zero-order chi connectivity index (χ0) is 12.8. The summed E-state index contributed by atoms with van der Waals surface area (Å²) in [6.07, 6.45) is 2.19. The molecule has 0 amide bonds. The Hall–Kier alpha value is -0.840. The highest BCUT2D eigenvalue weighted by molar-refractivity contribution is 7.90. The fourth-order valence-electron chi connectivity index (χ4n) is 2.75. The maximum absolute atomic E-state index is 11.4. The summed E-state index contributed by atoms with van der Waals surface area (Å²) in [5.41, 5.74) is 2.57. The van der Waals surface area contributed by atoms with Gasteiger partial charge in [0, 0.05) is 18.5 Å². The average molecular weight is 256 g/mol. The van der Waals surface area contributed by atoms with E-state index >= 15 is 0 Å². The largest absolute Gasteiger partial charge is 0.334 e. The van der Waals surface area contributed by atoms with Gasteiger partial charge in [-0.1, -0.05) is 0 Å². The Bertz CT molecular complexity index is 491. The van der Waals surface area contributed by atoms with Gasteiger partial charge in [0.05, 0.1) is 11.8 Å². The number of hydrogen-bond donors (Lipinski definition) is 0. The quantitative estimate of drug-likeness (QED) is 0.751. The number of nitrogens with zero attached hydrogens (tertiary/aromatic N) is 2. The third-order valence-electron chi connectivity index (χ3n) is 3.64. The molecule has 2 rings (SSSR count). The van der Waals surface area contributed by atoms with E-state index in [1.165, 1.54) is 17.5 Å². The zero-order valence-electron chi connectivity index (χ0n) is 10.9. The first-order valence-electron chi connectivity index (χ1n) is 5.97. The third-order valence-corrected chi connectivity index (χ3v) is 4.72. The summed E-state index contributed by atoms with van der Waals surface area (Å²) >= 11 is 0. The van der Waals surface area contributed by atoms with Crippen molar-refractivity contribution < 1.29 is 8.42 Å². The van der Waals surface area contributed by atoms with Gasteiger partial charge in [-0.15, -0.1) is 0 Å². The smallest absolute Gasteiger partial charge is 0.147 e. The molecule has 5 heteroatoms. The summed E-state index contributed by atoms with van der Waals surface area (Å²) in [4.78, 5) is 6.76. The number of hydrogen-bond acceptors (Lipinski definition) is 4. The molecule has 0 saturated carbocycles. The van der Waals surface area contributed by atoms with Crippen LogP contribution < -0.4 is 0 Å². The van der Waals surface area contributed by atoms with E-state index in [4.69, 9.17) is 0 Å². The Morgan fingerprint density at radius 1 is 1.41 bits per heavy atom. The molecule has 0 bridgehead atoms. The van der Waals surface area contributed by atoms with Crippen LogP contribution in [-0.2, 0) is 9.84 Å². The average Bonchev–Trinajstić information content (AvgIpc) is 2.56. The van der Waals surface area contributed by atoms with Crippen molar-refractivity contribution in [3.63, 3.8) is 0 Å². The van der Waals surface area contributed by atoms with Crippen LogP contribution in [0.2, 0.25) is 0 Å². The lowest BCUT2D eigenvalue weighted by Crippen LogP contribution is -2.32. The second kappa shape index (κ2) is 4.12. The van der Waals surface area contributed by atoms with Crippen molar-refractivity contribution in [2.24, 2.45) is 10.9 Å². The van der Waals surface area contributed by atoms with E-state index in [0.717, 1.165) is 18.8 Å². The standard InChI is InChI=1S/C12H20N2O2S/c1-8-9(2)13-10(3)14-6-11(5-12(8)14)7-17(4,15)16/h9,11H,5-7H2,1-4H3. The minimum atomic E-state index is -2.89. The Kier molecular flexibility index (Phi) is 3.06. The van der Waals surface area contributed by atoms with Gasteiger partial charge in [-0.3, -0.25) is 4.99 Å². The molecule has 0 radical (unpaired) electrons. The lowest BCUT2D eigenvalue weighted by molar-refractivity contribution is 0.503. The van der Waals surface area contributed by atoms with Crippen molar-refractivity contribution in [2.75, 3.05) is 18.6 Å². The van der Waals surface area contributed by atoms with Crippen LogP contribution in [0.15, 0.2) is 16.3 Å². The van der Waals surface area contributed by atoms with Crippen molar-refractivity contribution in [3.05, 3.63) is 11.3 Å². The second-order valence-corrected chi connectivity index (χ2v) is 7.44. The van der Waals surface area contributed by atoms with Crippen LogP contribution in [0, 0.1) is 5.92 Å². The summed E-state index contributed by atoms with van der Waals surface area (Å²) in [5.74, 6) is 1.52. The number of aliphatic imine (C=N–C) groups is 1. The van der Waals surface area contributed by atoms with Gasteiger partial charge in [0.25, 0.3) is 0 Å². The van der Waals surface area contributed by atoms with Gasteiger partial charge < -0.3 is 4.90 Å². The van der Waals surface area contributed by atoms with Gasteiger partial charge in [-0.2, -0.15) is 0 Å². The minimum Gasteiger partial charge on any atom is -0.334 e. The van der Waals surface area contributed by atoms with Gasteiger partial charge in [-0.25, -0.2) is 8.42 Å². The minimum absolute atomic E-state index is 0.213. The van der Waals surface area contributed by atoms with Crippen molar-refractivity contribution in [3.8, 4) is 0 Å².